The second-order valence-electron chi connectivity index (χ2n) is 6.22. The standard InChI is InChI=1S/C17H22N2O/c1-17(2,3)15(16(18)20)19-11-13-9-6-8-12-7-4-5-10-14(12)13/h4-10,15,19H,11H2,1-3H3,(H2,18,20). The molecule has 2 aromatic carbocycles. The summed E-state index contributed by atoms with van der Waals surface area (Å²) in [5.41, 5.74) is 6.48. The Labute approximate surface area is 120 Å². The van der Waals surface area contributed by atoms with Crippen LogP contribution in [0.5, 0.6) is 0 Å². The average Bonchev–Trinajstić information content (AvgIpc) is 2.37. The first-order valence-electron chi connectivity index (χ1n) is 6.89. The largest absolute Gasteiger partial charge is 0.368 e. The molecule has 3 heteroatoms. The molecule has 3 N–H and O–H groups in total. The SMILES string of the molecule is CC(C)(C)C(NCc1cccc2ccccc12)C(N)=O. The Kier molecular flexibility index (Phi) is 4.09. The Morgan fingerprint density at radius 3 is 2.45 bits per heavy atom. The zero-order chi connectivity index (χ0) is 14.8. The molecule has 0 aliphatic heterocycles. The quantitative estimate of drug-likeness (QED) is 0.897. The van der Waals surface area contributed by atoms with E-state index in [1.165, 1.54) is 16.3 Å². The summed E-state index contributed by atoms with van der Waals surface area (Å²) < 4.78 is 0. The molecule has 1 unspecified atom stereocenters. The molecule has 0 heterocycles. The fourth-order valence-electron chi connectivity index (χ4n) is 2.49. The molecule has 2 aromatic rings. The van der Waals surface area contributed by atoms with Gasteiger partial charge in [-0.2, -0.15) is 0 Å². The number of primary amides is 1. The summed E-state index contributed by atoms with van der Waals surface area (Å²) >= 11 is 0. The van der Waals surface area contributed by atoms with Crippen LogP contribution in [0.15, 0.2) is 42.5 Å². The van der Waals surface area contributed by atoms with Crippen molar-refractivity contribution in [2.24, 2.45) is 11.1 Å². The topological polar surface area (TPSA) is 55.1 Å². The zero-order valence-electron chi connectivity index (χ0n) is 12.3. The molecule has 0 saturated carbocycles. The third-order valence-corrected chi connectivity index (χ3v) is 3.53. The number of nitrogens with one attached hydrogen (secondary N) is 1. The molecule has 1 atom stereocenters. The maximum Gasteiger partial charge on any atom is 0.235 e. The smallest absolute Gasteiger partial charge is 0.235 e. The van der Waals surface area contributed by atoms with Gasteiger partial charge in [0.05, 0.1) is 6.04 Å². The van der Waals surface area contributed by atoms with Crippen LogP contribution in [0.4, 0.5) is 0 Å². The number of carbonyl (C=O) groups excluding carboxylic acids is 1. The second kappa shape index (κ2) is 5.63. The third kappa shape index (κ3) is 3.17. The highest BCUT2D eigenvalue weighted by Gasteiger charge is 2.28. The Morgan fingerprint density at radius 1 is 1.15 bits per heavy atom. The third-order valence-electron chi connectivity index (χ3n) is 3.53. The molecule has 0 fully saturated rings. The number of hydrogen-bond donors (Lipinski definition) is 2. The summed E-state index contributed by atoms with van der Waals surface area (Å²) in [6, 6.07) is 14.1. The minimum atomic E-state index is -0.346. The summed E-state index contributed by atoms with van der Waals surface area (Å²) in [6.45, 7) is 6.67. The van der Waals surface area contributed by atoms with Crippen LogP contribution in [0, 0.1) is 5.41 Å². The van der Waals surface area contributed by atoms with Crippen LogP contribution in [0.3, 0.4) is 0 Å². The molecule has 1 amide bonds. The number of hydrogen-bond acceptors (Lipinski definition) is 2. The number of fused-ring (bicyclic) bond motifs is 1. The van der Waals surface area contributed by atoms with Crippen molar-refractivity contribution in [2.75, 3.05) is 0 Å². The molecule has 20 heavy (non-hydrogen) atoms. The van der Waals surface area contributed by atoms with Crippen LogP contribution in [0.1, 0.15) is 26.3 Å². The van der Waals surface area contributed by atoms with Crippen molar-refractivity contribution in [3.63, 3.8) is 0 Å². The van der Waals surface area contributed by atoms with Gasteiger partial charge in [-0.25, -0.2) is 0 Å². The predicted octanol–water partition coefficient (Wildman–Crippen LogP) is 2.83. The van der Waals surface area contributed by atoms with Crippen LogP contribution < -0.4 is 11.1 Å². The fraction of sp³-hybridized carbons (Fsp3) is 0.353. The van der Waals surface area contributed by atoms with Crippen molar-refractivity contribution >= 4 is 16.7 Å². The lowest BCUT2D eigenvalue weighted by atomic mass is 9.86. The number of benzene rings is 2. The predicted molar refractivity (Wildman–Crippen MR) is 83.2 cm³/mol. The summed E-state index contributed by atoms with van der Waals surface area (Å²) in [4.78, 5) is 11.6. The van der Waals surface area contributed by atoms with Crippen molar-refractivity contribution in [1.82, 2.24) is 5.32 Å². The average molecular weight is 270 g/mol. The van der Waals surface area contributed by atoms with Gasteiger partial charge in [0.2, 0.25) is 5.91 Å². The molecular formula is C17H22N2O. The van der Waals surface area contributed by atoms with Crippen LogP contribution in [0.25, 0.3) is 10.8 Å². The van der Waals surface area contributed by atoms with Gasteiger partial charge in [0, 0.05) is 6.54 Å². The number of rotatable bonds is 4. The van der Waals surface area contributed by atoms with Crippen molar-refractivity contribution < 1.29 is 4.79 Å². The number of carbonyl (C=O) groups is 1. The van der Waals surface area contributed by atoms with Gasteiger partial charge in [-0.3, -0.25) is 4.79 Å². The molecule has 0 aliphatic rings. The van der Waals surface area contributed by atoms with Gasteiger partial charge in [-0.1, -0.05) is 63.2 Å². The Morgan fingerprint density at radius 2 is 1.80 bits per heavy atom. The number of nitrogens with two attached hydrogens (primary N) is 1. The molecule has 0 saturated heterocycles. The van der Waals surface area contributed by atoms with Gasteiger partial charge >= 0.3 is 0 Å². The molecular weight excluding hydrogens is 248 g/mol. The highest BCUT2D eigenvalue weighted by Crippen LogP contribution is 2.22. The molecule has 3 nitrogen and oxygen atoms in total. The van der Waals surface area contributed by atoms with E-state index in [9.17, 15) is 4.79 Å². The monoisotopic (exact) mass is 270 g/mol. The molecule has 2 rings (SSSR count). The van der Waals surface area contributed by atoms with Crippen LogP contribution in [0.2, 0.25) is 0 Å². The van der Waals surface area contributed by atoms with Gasteiger partial charge in [0.25, 0.3) is 0 Å². The van der Waals surface area contributed by atoms with Gasteiger partial charge in [0.15, 0.2) is 0 Å². The first-order valence-corrected chi connectivity index (χ1v) is 6.89. The second-order valence-corrected chi connectivity index (χ2v) is 6.22. The van der Waals surface area contributed by atoms with E-state index >= 15 is 0 Å². The van der Waals surface area contributed by atoms with E-state index in [0.717, 1.165) is 0 Å². The molecule has 0 bridgehead atoms. The Hall–Kier alpha value is -1.87. The van der Waals surface area contributed by atoms with Crippen LogP contribution in [-0.4, -0.2) is 11.9 Å². The lowest BCUT2D eigenvalue weighted by Crippen LogP contribution is -2.49. The number of amides is 1. The molecule has 0 radical (unpaired) electrons. The van der Waals surface area contributed by atoms with E-state index in [4.69, 9.17) is 5.73 Å². The molecule has 0 spiro atoms. The summed E-state index contributed by atoms with van der Waals surface area (Å²) in [5.74, 6) is -0.308. The molecule has 106 valence electrons. The first kappa shape index (κ1) is 14.5. The summed E-state index contributed by atoms with van der Waals surface area (Å²) in [7, 11) is 0. The molecule has 0 aliphatic carbocycles. The minimum absolute atomic E-state index is 0.198. The zero-order valence-corrected chi connectivity index (χ0v) is 12.3. The van der Waals surface area contributed by atoms with Crippen LogP contribution >= 0.6 is 0 Å². The summed E-state index contributed by atoms with van der Waals surface area (Å²) in [6.07, 6.45) is 0. The van der Waals surface area contributed by atoms with Crippen molar-refractivity contribution in [2.45, 2.75) is 33.4 Å². The van der Waals surface area contributed by atoms with E-state index in [1.54, 1.807) is 0 Å². The van der Waals surface area contributed by atoms with Crippen molar-refractivity contribution in [3.8, 4) is 0 Å². The van der Waals surface area contributed by atoms with E-state index in [-0.39, 0.29) is 17.4 Å². The molecule has 0 aromatic heterocycles. The Balaban J connectivity index is 2.22. The first-order chi connectivity index (χ1) is 9.39. The highest BCUT2D eigenvalue weighted by molar-refractivity contribution is 5.85. The Bertz CT molecular complexity index is 608. The highest BCUT2D eigenvalue weighted by atomic mass is 16.1. The van der Waals surface area contributed by atoms with Crippen molar-refractivity contribution in [1.29, 1.82) is 0 Å². The van der Waals surface area contributed by atoms with Gasteiger partial charge in [-0.05, 0) is 21.8 Å². The van der Waals surface area contributed by atoms with Gasteiger partial charge in [-0.15, -0.1) is 0 Å². The maximum atomic E-state index is 11.6. The van der Waals surface area contributed by atoms with Crippen molar-refractivity contribution in [3.05, 3.63) is 48.0 Å². The van der Waals surface area contributed by atoms with Gasteiger partial charge in [0.1, 0.15) is 0 Å². The van der Waals surface area contributed by atoms with E-state index in [0.29, 0.717) is 6.54 Å². The van der Waals surface area contributed by atoms with Gasteiger partial charge < -0.3 is 11.1 Å². The lowest BCUT2D eigenvalue weighted by molar-refractivity contribution is -0.122. The van der Waals surface area contributed by atoms with E-state index in [1.807, 2.05) is 39.0 Å². The lowest BCUT2D eigenvalue weighted by Gasteiger charge is -2.29. The fourth-order valence-corrected chi connectivity index (χ4v) is 2.49. The van der Waals surface area contributed by atoms with E-state index < -0.39 is 0 Å². The minimum Gasteiger partial charge on any atom is -0.368 e. The maximum absolute atomic E-state index is 11.6. The summed E-state index contributed by atoms with van der Waals surface area (Å²) in [5, 5.41) is 5.71. The van der Waals surface area contributed by atoms with Crippen LogP contribution in [-0.2, 0) is 11.3 Å². The normalized spacial score (nSPS) is 13.3. The van der Waals surface area contributed by atoms with E-state index in [2.05, 4.69) is 29.6 Å².